The molecule has 0 saturated carbocycles. The summed E-state index contributed by atoms with van der Waals surface area (Å²) < 4.78 is 0. The van der Waals surface area contributed by atoms with Crippen LogP contribution >= 0.6 is 0 Å². The Morgan fingerprint density at radius 3 is 1.11 bits per heavy atom. The van der Waals surface area contributed by atoms with Crippen molar-refractivity contribution in [1.82, 2.24) is 0 Å². The van der Waals surface area contributed by atoms with Gasteiger partial charge in [-0.25, -0.2) is 0 Å². The van der Waals surface area contributed by atoms with Gasteiger partial charge >= 0.3 is 45.5 Å². The minimum atomic E-state index is -1.50. The normalized spacial score (nSPS) is 5.33. The molecule has 0 fully saturated rings. The Bertz CT molecular complexity index is 76.6. The maximum Gasteiger partial charge on any atom is 2.00 e. The second-order valence-electron chi connectivity index (χ2n) is 0.476. The first-order chi connectivity index (χ1) is 3.46. The summed E-state index contributed by atoms with van der Waals surface area (Å²) in [5.41, 5.74) is 0. The molecule has 2 N–H and O–H groups in total. The predicted molar refractivity (Wildman–Crippen MR) is 25.5 cm³/mol. The van der Waals surface area contributed by atoms with E-state index in [1.807, 2.05) is 0 Å². The zero-order valence-corrected chi connectivity index (χ0v) is 7.61. The van der Waals surface area contributed by atoms with Crippen LogP contribution in [0.3, 0.4) is 0 Å². The van der Waals surface area contributed by atoms with Gasteiger partial charge in [0.15, 0.2) is 0 Å². The number of nitrogens with zero attached hydrogens (tertiary/aromatic N) is 2. The molecule has 0 bridgehead atoms. The van der Waals surface area contributed by atoms with Crippen molar-refractivity contribution in [3.63, 3.8) is 0 Å². The molecule has 0 aromatic rings. The average molecular weight is 216 g/mol. The van der Waals surface area contributed by atoms with Crippen molar-refractivity contribution in [2.75, 3.05) is 0 Å². The fourth-order valence-corrected chi connectivity index (χ4v) is 0. The van der Waals surface area contributed by atoms with Crippen LogP contribution in [0.4, 0.5) is 0 Å². The van der Waals surface area contributed by atoms with Crippen molar-refractivity contribution in [2.24, 2.45) is 0 Å². The summed E-state index contributed by atoms with van der Waals surface area (Å²) in [4.78, 5) is 16.7. The molecule has 0 unspecified atom stereocenters. The Morgan fingerprint density at radius 1 is 1.11 bits per heavy atom. The summed E-state index contributed by atoms with van der Waals surface area (Å²) in [6.07, 6.45) is 0. The molecule has 0 atom stereocenters. The average Bonchev–Trinajstić information content (AvgIpc) is 1.25. The van der Waals surface area contributed by atoms with Crippen molar-refractivity contribution < 1.29 is 23.4 Å². The van der Waals surface area contributed by atoms with E-state index in [1.165, 1.54) is 0 Å². The summed E-state index contributed by atoms with van der Waals surface area (Å²) in [5, 5.41) is 27.3. The van der Waals surface area contributed by atoms with E-state index in [9.17, 15) is 0 Å². The Kier molecular flexibility index (Phi) is 19.1. The Labute approximate surface area is 88.5 Å². The predicted octanol–water partition coefficient (Wildman–Crippen LogP) is -0.851. The van der Waals surface area contributed by atoms with Gasteiger partial charge in [0.25, 0.3) is 10.2 Å². The largest absolute Gasteiger partial charge is 2.00 e. The topological polar surface area (TPSA) is 127 Å². The third-order valence-corrected chi connectivity index (χ3v) is 0. The van der Waals surface area contributed by atoms with Crippen LogP contribution in [0.25, 0.3) is 0 Å². The van der Waals surface area contributed by atoms with E-state index in [4.69, 9.17) is 30.6 Å². The first-order valence-corrected chi connectivity index (χ1v) is 1.13. The van der Waals surface area contributed by atoms with Gasteiger partial charge in [0, 0.05) is 0 Å². The van der Waals surface area contributed by atoms with E-state index in [0.717, 1.165) is 0 Å². The number of hydrogen-bond donors (Lipinski definition) is 2. The number of rotatable bonds is 0. The molecule has 52 valence electrons. The fourth-order valence-electron chi connectivity index (χ4n) is 0. The fraction of sp³-hybridized carbons (Fsp3) is 0. The van der Waals surface area contributed by atoms with E-state index < -0.39 is 10.2 Å². The molecule has 8 nitrogen and oxygen atoms in total. The SMILES string of the molecule is O=[N+]([O-])O.O=[N+]([O-])O.[H-].[H-].[Sr+2]. The van der Waals surface area contributed by atoms with Crippen molar-refractivity contribution in [1.29, 1.82) is 0 Å². The first-order valence-electron chi connectivity index (χ1n) is 1.13. The minimum absolute atomic E-state index is 0. The summed E-state index contributed by atoms with van der Waals surface area (Å²) >= 11 is 0. The van der Waals surface area contributed by atoms with Gasteiger partial charge in [-0.1, -0.05) is 0 Å². The second-order valence-corrected chi connectivity index (χ2v) is 0.476. The molecular weight excluding hydrogens is 212 g/mol. The third-order valence-electron chi connectivity index (χ3n) is 0. The van der Waals surface area contributed by atoms with Crippen molar-refractivity contribution in [3.8, 4) is 0 Å². The van der Waals surface area contributed by atoms with Crippen LogP contribution in [0.15, 0.2) is 0 Å². The van der Waals surface area contributed by atoms with Gasteiger partial charge in [0.2, 0.25) is 0 Å². The second kappa shape index (κ2) is 10.8. The van der Waals surface area contributed by atoms with Gasteiger partial charge in [-0.3, -0.25) is 0 Å². The molecule has 0 aliphatic carbocycles. The molecule has 0 saturated heterocycles. The van der Waals surface area contributed by atoms with Crippen molar-refractivity contribution >= 4 is 45.5 Å². The molecule has 0 aromatic carbocycles. The Balaban J connectivity index is -0.0000000171. The Morgan fingerprint density at radius 2 is 1.11 bits per heavy atom. The van der Waals surface area contributed by atoms with E-state index >= 15 is 0 Å². The van der Waals surface area contributed by atoms with E-state index in [2.05, 4.69) is 0 Å². The zero-order chi connectivity index (χ0) is 7.15. The van der Waals surface area contributed by atoms with Crippen LogP contribution in [-0.4, -0.2) is 66.1 Å². The molecule has 0 radical (unpaired) electrons. The molecule has 0 spiro atoms. The molecule has 0 heterocycles. The van der Waals surface area contributed by atoms with Gasteiger partial charge in [0.1, 0.15) is 0 Å². The van der Waals surface area contributed by atoms with Gasteiger partial charge in [-0.15, -0.1) is 20.2 Å². The molecule has 0 aliphatic heterocycles. The molecule has 0 rings (SSSR count). The van der Waals surface area contributed by atoms with E-state index in [0.29, 0.717) is 0 Å². The molecular formula is H4N2O6Sr. The van der Waals surface area contributed by atoms with Crippen LogP contribution in [-0.2, 0) is 0 Å². The molecule has 0 aliphatic rings. The van der Waals surface area contributed by atoms with Crippen LogP contribution in [0.1, 0.15) is 2.85 Å². The quantitative estimate of drug-likeness (QED) is 0.308. The van der Waals surface area contributed by atoms with Crippen LogP contribution in [0.5, 0.6) is 0 Å². The maximum absolute atomic E-state index is 8.36. The molecule has 0 aromatic heterocycles. The van der Waals surface area contributed by atoms with E-state index in [1.54, 1.807) is 0 Å². The third kappa shape index (κ3) is 19100. The van der Waals surface area contributed by atoms with Gasteiger partial charge < -0.3 is 13.3 Å². The minimum Gasteiger partial charge on any atom is -1.00 e. The number of hydrogen-bond acceptors (Lipinski definition) is 4. The van der Waals surface area contributed by atoms with Gasteiger partial charge in [-0.05, 0) is 0 Å². The standard InChI is InChI=1S/2HNO3.Sr.2H/c2*2-1(3)4;;;/h2*(H,2,3,4);;;/q;;+2;2*-1. The van der Waals surface area contributed by atoms with Crippen molar-refractivity contribution in [3.05, 3.63) is 20.2 Å². The van der Waals surface area contributed by atoms with Crippen LogP contribution < -0.4 is 0 Å². The maximum atomic E-state index is 8.36. The molecule has 0 amide bonds. The zero-order valence-electron chi connectivity index (χ0n) is 6.13. The van der Waals surface area contributed by atoms with Crippen LogP contribution in [0, 0.1) is 20.2 Å². The molecule has 9 heavy (non-hydrogen) atoms. The first kappa shape index (κ1) is 15.9. The summed E-state index contributed by atoms with van der Waals surface area (Å²) in [7, 11) is 0. The smallest absolute Gasteiger partial charge is 1.00 e. The summed E-state index contributed by atoms with van der Waals surface area (Å²) in [6.45, 7) is 0. The summed E-state index contributed by atoms with van der Waals surface area (Å²) in [6, 6.07) is 0. The van der Waals surface area contributed by atoms with Crippen molar-refractivity contribution in [2.45, 2.75) is 0 Å². The van der Waals surface area contributed by atoms with Crippen LogP contribution in [0.2, 0.25) is 0 Å². The van der Waals surface area contributed by atoms with E-state index in [-0.39, 0.29) is 48.3 Å². The molecule has 9 heteroatoms. The Hall–Kier alpha value is -0.119. The van der Waals surface area contributed by atoms with Gasteiger partial charge in [0.05, 0.1) is 0 Å². The van der Waals surface area contributed by atoms with Gasteiger partial charge in [-0.2, -0.15) is 0 Å². The summed E-state index contributed by atoms with van der Waals surface area (Å²) in [5.74, 6) is 0. The monoisotopic (exact) mass is 216 g/mol.